The number of aryl methyl sites for hydroxylation is 1. The first kappa shape index (κ1) is 13.5. The molecule has 18 heavy (non-hydrogen) atoms. The lowest BCUT2D eigenvalue weighted by molar-refractivity contribution is 0.535. The Morgan fingerprint density at radius 2 is 2.28 bits per heavy atom. The van der Waals surface area contributed by atoms with E-state index >= 15 is 0 Å². The van der Waals surface area contributed by atoms with Crippen molar-refractivity contribution in [2.75, 3.05) is 0 Å². The Kier molecular flexibility index (Phi) is 4.31. The molecule has 1 N–H and O–H groups in total. The SMILES string of the molecule is CC(NCc1nc(Cl)ccc1Br)c1ncn(C)n1. The van der Waals surface area contributed by atoms with Gasteiger partial charge in [0.15, 0.2) is 5.82 Å². The highest BCUT2D eigenvalue weighted by Crippen LogP contribution is 2.18. The molecule has 0 aliphatic carbocycles. The van der Waals surface area contributed by atoms with Gasteiger partial charge >= 0.3 is 0 Å². The van der Waals surface area contributed by atoms with Gasteiger partial charge in [-0.3, -0.25) is 4.68 Å². The molecule has 5 nitrogen and oxygen atoms in total. The predicted octanol–water partition coefficient (Wildman–Crippen LogP) is 2.48. The number of nitrogens with one attached hydrogen (secondary N) is 1. The summed E-state index contributed by atoms with van der Waals surface area (Å²) in [5, 5.41) is 8.04. The van der Waals surface area contributed by atoms with Gasteiger partial charge in [-0.25, -0.2) is 9.97 Å². The van der Waals surface area contributed by atoms with Crippen LogP contribution in [0.5, 0.6) is 0 Å². The third-order valence-corrected chi connectivity index (χ3v) is 3.40. The van der Waals surface area contributed by atoms with Gasteiger partial charge in [-0.2, -0.15) is 5.10 Å². The maximum atomic E-state index is 5.86. The fourth-order valence-corrected chi connectivity index (χ4v) is 2.00. The fourth-order valence-electron chi connectivity index (χ4n) is 1.48. The first-order valence-electron chi connectivity index (χ1n) is 5.46. The van der Waals surface area contributed by atoms with E-state index in [1.807, 2.05) is 20.0 Å². The molecule has 0 amide bonds. The monoisotopic (exact) mass is 329 g/mol. The maximum absolute atomic E-state index is 5.86. The van der Waals surface area contributed by atoms with Crippen molar-refractivity contribution in [2.45, 2.75) is 19.5 Å². The standard InChI is InChI=1S/C11H13BrClN5/c1-7(11-15-6-18(2)17-11)14-5-9-8(12)3-4-10(13)16-9/h3-4,6-7,14H,5H2,1-2H3. The molecular weight excluding hydrogens is 318 g/mol. The van der Waals surface area contributed by atoms with Crippen molar-refractivity contribution in [3.05, 3.63) is 39.6 Å². The molecule has 0 spiro atoms. The van der Waals surface area contributed by atoms with Gasteiger partial charge in [0.25, 0.3) is 0 Å². The van der Waals surface area contributed by atoms with Crippen molar-refractivity contribution in [1.82, 2.24) is 25.1 Å². The lowest BCUT2D eigenvalue weighted by Crippen LogP contribution is -2.20. The van der Waals surface area contributed by atoms with E-state index in [4.69, 9.17) is 11.6 Å². The maximum Gasteiger partial charge on any atom is 0.167 e. The molecule has 0 saturated heterocycles. The van der Waals surface area contributed by atoms with Crippen LogP contribution in [0.2, 0.25) is 5.15 Å². The second-order valence-electron chi connectivity index (χ2n) is 3.94. The summed E-state index contributed by atoms with van der Waals surface area (Å²) >= 11 is 9.31. The average Bonchev–Trinajstić information content (AvgIpc) is 2.77. The molecule has 1 atom stereocenters. The van der Waals surface area contributed by atoms with Crippen LogP contribution in [-0.4, -0.2) is 19.7 Å². The van der Waals surface area contributed by atoms with E-state index in [9.17, 15) is 0 Å². The van der Waals surface area contributed by atoms with E-state index in [0.717, 1.165) is 16.0 Å². The lowest BCUT2D eigenvalue weighted by atomic mass is 10.3. The molecule has 0 aromatic carbocycles. The summed E-state index contributed by atoms with van der Waals surface area (Å²) in [6.07, 6.45) is 1.68. The Bertz CT molecular complexity index is 542. The van der Waals surface area contributed by atoms with Gasteiger partial charge in [0.1, 0.15) is 11.5 Å². The van der Waals surface area contributed by atoms with Crippen LogP contribution in [0.1, 0.15) is 24.5 Å². The largest absolute Gasteiger partial charge is 0.302 e. The number of nitrogens with zero attached hydrogens (tertiary/aromatic N) is 4. The molecule has 0 bridgehead atoms. The van der Waals surface area contributed by atoms with Crippen molar-refractivity contribution in [3.63, 3.8) is 0 Å². The summed E-state index contributed by atoms with van der Waals surface area (Å²) in [5.74, 6) is 0.760. The Hall–Kier alpha value is -0.980. The van der Waals surface area contributed by atoms with Gasteiger partial charge in [-0.05, 0) is 35.0 Å². The zero-order chi connectivity index (χ0) is 13.1. The Morgan fingerprint density at radius 1 is 1.50 bits per heavy atom. The number of pyridine rings is 1. The zero-order valence-electron chi connectivity index (χ0n) is 10.1. The summed E-state index contributed by atoms with van der Waals surface area (Å²) in [6.45, 7) is 2.61. The number of hydrogen-bond acceptors (Lipinski definition) is 4. The first-order valence-corrected chi connectivity index (χ1v) is 6.63. The van der Waals surface area contributed by atoms with E-state index < -0.39 is 0 Å². The third-order valence-electron chi connectivity index (χ3n) is 2.46. The molecule has 0 radical (unpaired) electrons. The predicted molar refractivity (Wildman–Crippen MR) is 73.2 cm³/mol. The zero-order valence-corrected chi connectivity index (χ0v) is 12.4. The summed E-state index contributed by atoms with van der Waals surface area (Å²) in [7, 11) is 1.85. The summed E-state index contributed by atoms with van der Waals surface area (Å²) < 4.78 is 2.61. The molecule has 1 unspecified atom stereocenters. The highest BCUT2D eigenvalue weighted by molar-refractivity contribution is 9.10. The topological polar surface area (TPSA) is 55.6 Å². The second kappa shape index (κ2) is 5.77. The van der Waals surface area contributed by atoms with E-state index in [2.05, 4.69) is 36.3 Å². The Labute approximate surface area is 119 Å². The van der Waals surface area contributed by atoms with Gasteiger partial charge in [-0.1, -0.05) is 11.6 Å². The van der Waals surface area contributed by atoms with E-state index in [1.165, 1.54) is 0 Å². The van der Waals surface area contributed by atoms with Crippen molar-refractivity contribution in [1.29, 1.82) is 0 Å². The number of halogens is 2. The second-order valence-corrected chi connectivity index (χ2v) is 5.18. The summed E-state index contributed by atoms with van der Waals surface area (Å²) in [6, 6.07) is 3.69. The Morgan fingerprint density at radius 3 is 2.94 bits per heavy atom. The van der Waals surface area contributed by atoms with Gasteiger partial charge in [0, 0.05) is 18.1 Å². The molecule has 7 heteroatoms. The quantitative estimate of drug-likeness (QED) is 0.875. The Balaban J connectivity index is 2.01. The molecule has 0 aliphatic heterocycles. The van der Waals surface area contributed by atoms with Crippen LogP contribution >= 0.6 is 27.5 Å². The highest BCUT2D eigenvalue weighted by Gasteiger charge is 2.11. The van der Waals surface area contributed by atoms with Crippen LogP contribution in [0.3, 0.4) is 0 Å². The minimum atomic E-state index is 0.0545. The molecule has 2 rings (SSSR count). The van der Waals surface area contributed by atoms with Crippen molar-refractivity contribution >= 4 is 27.5 Å². The van der Waals surface area contributed by atoms with Gasteiger partial charge in [0.05, 0.1) is 11.7 Å². The molecule has 2 aromatic rings. The minimum absolute atomic E-state index is 0.0545. The van der Waals surface area contributed by atoms with Crippen LogP contribution in [0, 0.1) is 0 Å². The lowest BCUT2D eigenvalue weighted by Gasteiger charge is -2.11. The van der Waals surface area contributed by atoms with Gasteiger partial charge < -0.3 is 5.32 Å². The molecule has 96 valence electrons. The summed E-state index contributed by atoms with van der Waals surface area (Å²) in [5.41, 5.74) is 0.866. The average molecular weight is 331 g/mol. The highest BCUT2D eigenvalue weighted by atomic mass is 79.9. The molecular formula is C11H13BrClN5. The number of aromatic nitrogens is 4. The van der Waals surface area contributed by atoms with Crippen molar-refractivity contribution < 1.29 is 0 Å². The normalized spacial score (nSPS) is 12.7. The molecule has 0 fully saturated rings. The van der Waals surface area contributed by atoms with E-state index in [-0.39, 0.29) is 6.04 Å². The van der Waals surface area contributed by atoms with Crippen LogP contribution in [0.4, 0.5) is 0 Å². The van der Waals surface area contributed by atoms with E-state index in [1.54, 1.807) is 17.1 Å². The van der Waals surface area contributed by atoms with Crippen LogP contribution < -0.4 is 5.32 Å². The molecule has 0 aliphatic rings. The number of hydrogen-bond donors (Lipinski definition) is 1. The summed E-state index contributed by atoms with van der Waals surface area (Å²) in [4.78, 5) is 8.45. The minimum Gasteiger partial charge on any atom is -0.302 e. The van der Waals surface area contributed by atoms with Gasteiger partial charge in [-0.15, -0.1) is 0 Å². The van der Waals surface area contributed by atoms with Crippen LogP contribution in [0.15, 0.2) is 22.9 Å². The van der Waals surface area contributed by atoms with Crippen molar-refractivity contribution in [3.8, 4) is 0 Å². The van der Waals surface area contributed by atoms with Gasteiger partial charge in [0.2, 0.25) is 0 Å². The third kappa shape index (κ3) is 3.28. The molecule has 0 saturated carbocycles. The van der Waals surface area contributed by atoms with Crippen LogP contribution in [0.25, 0.3) is 0 Å². The first-order chi connectivity index (χ1) is 8.56. The smallest absolute Gasteiger partial charge is 0.167 e. The van der Waals surface area contributed by atoms with Crippen molar-refractivity contribution in [2.24, 2.45) is 7.05 Å². The fraction of sp³-hybridized carbons (Fsp3) is 0.364. The molecule has 2 heterocycles. The number of rotatable bonds is 4. The molecule has 2 aromatic heterocycles. The van der Waals surface area contributed by atoms with E-state index in [0.29, 0.717) is 11.7 Å². The van der Waals surface area contributed by atoms with Crippen LogP contribution in [-0.2, 0) is 13.6 Å².